The lowest BCUT2D eigenvalue weighted by atomic mass is 10.0. The Balaban J connectivity index is 4.76. The zero-order valence-corrected chi connectivity index (χ0v) is 37.4. The molecule has 330 valence electrons. The van der Waals surface area contributed by atoms with Crippen LogP contribution in [-0.2, 0) is 14.3 Å². The molecule has 6 nitrogen and oxygen atoms in total. The van der Waals surface area contributed by atoms with E-state index in [1.54, 1.807) is 0 Å². The van der Waals surface area contributed by atoms with Crippen molar-refractivity contribution in [2.45, 2.75) is 212 Å². The first-order chi connectivity index (χ1) is 28.5. The van der Waals surface area contributed by atoms with Gasteiger partial charge in [0, 0.05) is 6.42 Å². The molecule has 3 N–H and O–H groups in total. The molecular formula is C52H87NO5. The summed E-state index contributed by atoms with van der Waals surface area (Å²) < 4.78 is 5.87. The number of ether oxygens (including phenoxy) is 1. The first kappa shape index (κ1) is 54.8. The molecule has 6 heteroatoms. The number of rotatable bonds is 40. The Hall–Kier alpha value is -3.22. The molecule has 0 heterocycles. The van der Waals surface area contributed by atoms with E-state index in [0.717, 1.165) is 103 Å². The number of hydrogen-bond acceptors (Lipinski definition) is 5. The van der Waals surface area contributed by atoms with Gasteiger partial charge in [-0.2, -0.15) is 0 Å². The molecule has 3 atom stereocenters. The first-order valence-corrected chi connectivity index (χ1v) is 23.5. The second-order valence-corrected chi connectivity index (χ2v) is 15.5. The number of carbonyl (C=O) groups excluding carboxylic acids is 2. The standard InChI is InChI=1S/C52H87NO5/c1-4-7-10-13-16-19-22-24-26-28-30-33-36-39-42-45-52(57)58-48(43-40-37-34-31-29-27-25-23-20-17-14-11-8-5-2)46-51(56)53-49(47-54)50(55)44-41-38-35-32-21-18-15-12-9-6-3/h7-8,10-11,13,16-17,19-20,22,24-27,31,34,48-50,54-55H,4-6,9,12,14-15,18,21,23,28-30,32-33,35-47H2,1-3H3,(H,53,56)/b10-7+,11-8+,16-13+,20-17+,22-19+,26-24-,27-25+,34-31+. The fraction of sp³-hybridized carbons (Fsp3) is 0.654. The van der Waals surface area contributed by atoms with Gasteiger partial charge in [-0.05, 0) is 77.0 Å². The number of unbranched alkanes of at least 4 members (excludes halogenated alkanes) is 15. The molecule has 0 aliphatic carbocycles. The summed E-state index contributed by atoms with van der Waals surface area (Å²) >= 11 is 0. The summed E-state index contributed by atoms with van der Waals surface area (Å²) in [5.74, 6) is -0.567. The zero-order valence-electron chi connectivity index (χ0n) is 37.4. The van der Waals surface area contributed by atoms with Crippen molar-refractivity contribution in [2.24, 2.45) is 0 Å². The van der Waals surface area contributed by atoms with E-state index in [0.29, 0.717) is 19.3 Å². The SMILES string of the molecule is CC/C=C/C=C/C=C/C=C\CCCCCCCC(=O)OC(CCC/C=C/C/C=C/C/C=C/C/C=C/CC)CC(=O)NC(CO)C(O)CCCCCCCCCCCC. The lowest BCUT2D eigenvalue weighted by molar-refractivity contribution is -0.151. The number of esters is 1. The minimum absolute atomic E-state index is 0.0241. The molecule has 58 heavy (non-hydrogen) atoms. The molecule has 0 radical (unpaired) electrons. The summed E-state index contributed by atoms with van der Waals surface area (Å²) in [7, 11) is 0. The van der Waals surface area contributed by atoms with Crippen LogP contribution >= 0.6 is 0 Å². The topological polar surface area (TPSA) is 95.9 Å². The molecule has 0 spiro atoms. The van der Waals surface area contributed by atoms with Gasteiger partial charge < -0.3 is 20.3 Å². The van der Waals surface area contributed by atoms with Crippen LogP contribution in [0.25, 0.3) is 0 Å². The number of nitrogens with one attached hydrogen (secondary N) is 1. The number of aliphatic hydroxyl groups is 2. The molecule has 3 unspecified atom stereocenters. The van der Waals surface area contributed by atoms with Crippen LogP contribution in [0.1, 0.15) is 194 Å². The van der Waals surface area contributed by atoms with Crippen LogP contribution in [-0.4, -0.2) is 46.9 Å². The number of amides is 1. The minimum Gasteiger partial charge on any atom is -0.462 e. The highest BCUT2D eigenvalue weighted by molar-refractivity contribution is 5.77. The molecule has 0 rings (SSSR count). The molecule has 0 fully saturated rings. The summed E-state index contributed by atoms with van der Waals surface area (Å²) in [5.41, 5.74) is 0. The second kappa shape index (κ2) is 44.9. The summed E-state index contributed by atoms with van der Waals surface area (Å²) in [6.07, 6.45) is 58.9. The monoisotopic (exact) mass is 806 g/mol. The summed E-state index contributed by atoms with van der Waals surface area (Å²) in [6.45, 7) is 6.17. The maximum Gasteiger partial charge on any atom is 0.306 e. The Labute approximate surface area is 356 Å². The van der Waals surface area contributed by atoms with Crippen molar-refractivity contribution >= 4 is 11.9 Å². The third-order valence-corrected chi connectivity index (χ3v) is 10.0. The highest BCUT2D eigenvalue weighted by Crippen LogP contribution is 2.16. The highest BCUT2D eigenvalue weighted by Gasteiger charge is 2.24. The van der Waals surface area contributed by atoms with Gasteiger partial charge in [-0.3, -0.25) is 9.59 Å². The highest BCUT2D eigenvalue weighted by atomic mass is 16.5. The second-order valence-electron chi connectivity index (χ2n) is 15.5. The third-order valence-electron chi connectivity index (χ3n) is 10.0. The van der Waals surface area contributed by atoms with Gasteiger partial charge in [0.1, 0.15) is 6.10 Å². The molecule has 0 aromatic carbocycles. The van der Waals surface area contributed by atoms with Crippen LogP contribution < -0.4 is 5.32 Å². The predicted molar refractivity (Wildman–Crippen MR) is 250 cm³/mol. The summed E-state index contributed by atoms with van der Waals surface area (Å²) in [5, 5.41) is 23.6. The fourth-order valence-corrected chi connectivity index (χ4v) is 6.49. The largest absolute Gasteiger partial charge is 0.462 e. The molecular weight excluding hydrogens is 719 g/mol. The molecule has 0 saturated carbocycles. The maximum atomic E-state index is 13.1. The van der Waals surface area contributed by atoms with Crippen molar-refractivity contribution in [1.29, 1.82) is 0 Å². The summed E-state index contributed by atoms with van der Waals surface area (Å²) in [6, 6.07) is -0.728. The lowest BCUT2D eigenvalue weighted by Gasteiger charge is -2.24. The lowest BCUT2D eigenvalue weighted by Crippen LogP contribution is -2.46. The Morgan fingerprint density at radius 1 is 0.534 bits per heavy atom. The summed E-state index contributed by atoms with van der Waals surface area (Å²) in [4.78, 5) is 26.0. The number of hydrogen-bond donors (Lipinski definition) is 3. The number of allylic oxidation sites excluding steroid dienone is 16. The van der Waals surface area contributed by atoms with Crippen LogP contribution in [0.3, 0.4) is 0 Å². The molecule has 0 aromatic rings. The van der Waals surface area contributed by atoms with Gasteiger partial charge in [-0.1, -0.05) is 201 Å². The van der Waals surface area contributed by atoms with Gasteiger partial charge in [0.2, 0.25) is 5.91 Å². The molecule has 0 aliphatic heterocycles. The molecule has 0 aromatic heterocycles. The van der Waals surface area contributed by atoms with Gasteiger partial charge in [-0.15, -0.1) is 0 Å². The van der Waals surface area contributed by atoms with Gasteiger partial charge >= 0.3 is 5.97 Å². The predicted octanol–water partition coefficient (Wildman–Crippen LogP) is 13.8. The smallest absolute Gasteiger partial charge is 0.306 e. The van der Waals surface area contributed by atoms with Crippen molar-refractivity contribution in [1.82, 2.24) is 5.32 Å². The van der Waals surface area contributed by atoms with Crippen molar-refractivity contribution in [2.75, 3.05) is 6.61 Å². The maximum absolute atomic E-state index is 13.1. The van der Waals surface area contributed by atoms with Crippen LogP contribution in [0.4, 0.5) is 0 Å². The van der Waals surface area contributed by atoms with Gasteiger partial charge in [0.05, 0.1) is 25.2 Å². The zero-order chi connectivity index (χ0) is 42.4. The van der Waals surface area contributed by atoms with E-state index >= 15 is 0 Å². The number of carbonyl (C=O) groups is 2. The van der Waals surface area contributed by atoms with Crippen molar-refractivity contribution in [3.05, 3.63) is 97.2 Å². The van der Waals surface area contributed by atoms with Gasteiger partial charge in [-0.25, -0.2) is 0 Å². The van der Waals surface area contributed by atoms with E-state index < -0.39 is 18.2 Å². The van der Waals surface area contributed by atoms with Crippen molar-refractivity contribution < 1.29 is 24.5 Å². The van der Waals surface area contributed by atoms with E-state index in [9.17, 15) is 19.8 Å². The van der Waals surface area contributed by atoms with E-state index in [1.165, 1.54) is 44.9 Å². The molecule has 0 saturated heterocycles. The van der Waals surface area contributed by atoms with Crippen LogP contribution in [0, 0.1) is 0 Å². The minimum atomic E-state index is -0.810. The average Bonchev–Trinajstić information content (AvgIpc) is 3.22. The van der Waals surface area contributed by atoms with Crippen molar-refractivity contribution in [3.63, 3.8) is 0 Å². The van der Waals surface area contributed by atoms with Crippen LogP contribution in [0.15, 0.2) is 97.2 Å². The fourth-order valence-electron chi connectivity index (χ4n) is 6.49. The Morgan fingerprint density at radius 2 is 1.03 bits per heavy atom. The Bertz CT molecular complexity index is 1180. The van der Waals surface area contributed by atoms with E-state index in [-0.39, 0.29) is 24.9 Å². The van der Waals surface area contributed by atoms with Gasteiger partial charge in [0.25, 0.3) is 0 Å². The quantitative estimate of drug-likeness (QED) is 0.0248. The van der Waals surface area contributed by atoms with Crippen LogP contribution in [0.2, 0.25) is 0 Å². The van der Waals surface area contributed by atoms with Crippen molar-refractivity contribution in [3.8, 4) is 0 Å². The van der Waals surface area contributed by atoms with Crippen LogP contribution in [0.5, 0.6) is 0 Å². The molecule has 1 amide bonds. The number of aliphatic hydroxyl groups excluding tert-OH is 2. The Morgan fingerprint density at radius 3 is 1.64 bits per heavy atom. The van der Waals surface area contributed by atoms with E-state index in [1.807, 2.05) is 18.2 Å². The van der Waals surface area contributed by atoms with E-state index in [2.05, 4.69) is 105 Å². The van der Waals surface area contributed by atoms with Gasteiger partial charge in [0.15, 0.2) is 0 Å². The first-order valence-electron chi connectivity index (χ1n) is 23.5. The molecule has 0 aliphatic rings. The average molecular weight is 806 g/mol. The molecule has 0 bridgehead atoms. The normalized spacial score (nSPS) is 14.2. The third kappa shape index (κ3) is 39.6. The Kier molecular flexibility index (Phi) is 42.4. The van der Waals surface area contributed by atoms with E-state index in [4.69, 9.17) is 4.74 Å².